The average Bonchev–Trinajstić information content (AvgIpc) is 3.11. The lowest BCUT2D eigenvalue weighted by Gasteiger charge is -2.00. The summed E-state index contributed by atoms with van der Waals surface area (Å²) in [5.74, 6) is 2.20. The van der Waals surface area contributed by atoms with Crippen LogP contribution in [0.15, 0.2) is 63.6 Å². The Morgan fingerprint density at radius 2 is 1.67 bits per heavy atom. The van der Waals surface area contributed by atoms with Crippen molar-refractivity contribution < 1.29 is 13.2 Å². The second-order valence-electron chi connectivity index (χ2n) is 4.46. The molecule has 0 fully saturated rings. The van der Waals surface area contributed by atoms with E-state index in [9.17, 15) is 4.39 Å². The number of nitrogens with one attached hydrogen (secondary N) is 1. The lowest BCUT2D eigenvalue weighted by Crippen LogP contribution is -2.11. The van der Waals surface area contributed by atoms with E-state index in [0.29, 0.717) is 13.1 Å². The van der Waals surface area contributed by atoms with Crippen molar-refractivity contribution >= 4 is 12.4 Å². The molecule has 1 aromatic carbocycles. The Morgan fingerprint density at radius 1 is 0.905 bits per heavy atom. The van der Waals surface area contributed by atoms with E-state index in [1.807, 2.05) is 24.3 Å². The van der Waals surface area contributed by atoms with Crippen LogP contribution in [0, 0.1) is 5.82 Å². The maximum absolute atomic E-state index is 12.9. The molecular weight excluding hydrogens is 293 g/mol. The standard InChI is InChI=1S/C16H14FNO2.ClH/c17-13-5-3-12(4-6-13)16-8-7-15(20-16)11-18-10-14-2-1-9-19-14;/h1-9,18H,10-11H2;1H. The van der Waals surface area contributed by atoms with Gasteiger partial charge >= 0.3 is 0 Å². The van der Waals surface area contributed by atoms with Gasteiger partial charge in [-0.2, -0.15) is 0 Å². The van der Waals surface area contributed by atoms with Crippen molar-refractivity contribution in [3.63, 3.8) is 0 Å². The van der Waals surface area contributed by atoms with Crippen molar-refractivity contribution in [2.75, 3.05) is 0 Å². The van der Waals surface area contributed by atoms with Crippen LogP contribution in [0.4, 0.5) is 4.39 Å². The molecule has 110 valence electrons. The van der Waals surface area contributed by atoms with Gasteiger partial charge in [0, 0.05) is 5.56 Å². The topological polar surface area (TPSA) is 38.3 Å². The van der Waals surface area contributed by atoms with Crippen molar-refractivity contribution in [2.45, 2.75) is 13.1 Å². The van der Waals surface area contributed by atoms with Crippen molar-refractivity contribution in [3.8, 4) is 11.3 Å². The first kappa shape index (κ1) is 15.4. The Labute approximate surface area is 128 Å². The number of hydrogen-bond donors (Lipinski definition) is 1. The van der Waals surface area contributed by atoms with Gasteiger partial charge in [-0.3, -0.25) is 0 Å². The van der Waals surface area contributed by atoms with Crippen LogP contribution in [0.25, 0.3) is 11.3 Å². The molecule has 2 heterocycles. The Morgan fingerprint density at radius 3 is 2.38 bits per heavy atom. The minimum atomic E-state index is -0.249. The minimum Gasteiger partial charge on any atom is -0.468 e. The zero-order valence-electron chi connectivity index (χ0n) is 11.2. The molecule has 2 aromatic heterocycles. The van der Waals surface area contributed by atoms with Gasteiger partial charge in [0.25, 0.3) is 0 Å². The van der Waals surface area contributed by atoms with Crippen LogP contribution in [-0.4, -0.2) is 0 Å². The zero-order valence-corrected chi connectivity index (χ0v) is 12.0. The van der Waals surface area contributed by atoms with Crippen molar-refractivity contribution in [3.05, 3.63) is 72.1 Å². The van der Waals surface area contributed by atoms with Crippen LogP contribution in [0.3, 0.4) is 0 Å². The van der Waals surface area contributed by atoms with Gasteiger partial charge < -0.3 is 14.2 Å². The summed E-state index contributed by atoms with van der Waals surface area (Å²) in [6, 6.07) is 13.8. The molecule has 0 atom stereocenters. The maximum Gasteiger partial charge on any atom is 0.134 e. The molecule has 3 aromatic rings. The molecular formula is C16H15ClFNO2. The highest BCUT2D eigenvalue weighted by Gasteiger charge is 2.05. The molecule has 0 saturated heterocycles. The van der Waals surface area contributed by atoms with Gasteiger partial charge in [-0.25, -0.2) is 4.39 Å². The van der Waals surface area contributed by atoms with Gasteiger partial charge in [-0.05, 0) is 48.5 Å². The molecule has 3 rings (SSSR count). The Kier molecular flexibility index (Phi) is 5.20. The highest BCUT2D eigenvalue weighted by Crippen LogP contribution is 2.22. The third kappa shape index (κ3) is 3.97. The molecule has 0 amide bonds. The molecule has 5 heteroatoms. The maximum atomic E-state index is 12.9. The van der Waals surface area contributed by atoms with Crippen LogP contribution >= 0.6 is 12.4 Å². The molecule has 21 heavy (non-hydrogen) atoms. The lowest BCUT2D eigenvalue weighted by atomic mass is 10.2. The summed E-state index contributed by atoms with van der Waals surface area (Å²) in [7, 11) is 0. The fourth-order valence-electron chi connectivity index (χ4n) is 1.96. The van der Waals surface area contributed by atoms with E-state index in [1.165, 1.54) is 12.1 Å². The van der Waals surface area contributed by atoms with E-state index in [-0.39, 0.29) is 18.2 Å². The zero-order chi connectivity index (χ0) is 13.8. The first-order chi connectivity index (χ1) is 9.81. The van der Waals surface area contributed by atoms with E-state index < -0.39 is 0 Å². The molecule has 0 radical (unpaired) electrons. The molecule has 0 aliphatic carbocycles. The summed E-state index contributed by atoms with van der Waals surface area (Å²) in [6.45, 7) is 1.27. The highest BCUT2D eigenvalue weighted by molar-refractivity contribution is 5.85. The van der Waals surface area contributed by atoms with Crippen LogP contribution in [0.5, 0.6) is 0 Å². The van der Waals surface area contributed by atoms with Crippen molar-refractivity contribution in [1.29, 1.82) is 0 Å². The van der Waals surface area contributed by atoms with Gasteiger partial charge in [-0.15, -0.1) is 12.4 Å². The summed E-state index contributed by atoms with van der Waals surface area (Å²) in [6.07, 6.45) is 1.65. The van der Waals surface area contributed by atoms with E-state index >= 15 is 0 Å². The third-order valence-electron chi connectivity index (χ3n) is 2.97. The summed E-state index contributed by atoms with van der Waals surface area (Å²) in [4.78, 5) is 0. The largest absolute Gasteiger partial charge is 0.468 e. The number of furan rings is 2. The molecule has 0 spiro atoms. The smallest absolute Gasteiger partial charge is 0.134 e. The molecule has 0 bridgehead atoms. The summed E-state index contributed by atoms with van der Waals surface area (Å²) < 4.78 is 23.8. The van der Waals surface area contributed by atoms with E-state index in [0.717, 1.165) is 22.8 Å². The number of halogens is 2. The van der Waals surface area contributed by atoms with E-state index in [1.54, 1.807) is 18.4 Å². The fourth-order valence-corrected chi connectivity index (χ4v) is 1.96. The summed E-state index contributed by atoms with van der Waals surface area (Å²) in [5, 5.41) is 3.23. The lowest BCUT2D eigenvalue weighted by molar-refractivity contribution is 0.455. The SMILES string of the molecule is Cl.Fc1ccc(-c2ccc(CNCc3ccco3)o2)cc1. The molecule has 0 aliphatic rings. The quantitative estimate of drug-likeness (QED) is 0.759. The average molecular weight is 308 g/mol. The summed E-state index contributed by atoms with van der Waals surface area (Å²) >= 11 is 0. The number of hydrogen-bond acceptors (Lipinski definition) is 3. The molecule has 0 saturated carbocycles. The second-order valence-corrected chi connectivity index (χ2v) is 4.46. The van der Waals surface area contributed by atoms with Gasteiger partial charge in [0.1, 0.15) is 23.1 Å². The van der Waals surface area contributed by atoms with Gasteiger partial charge in [-0.1, -0.05) is 0 Å². The molecule has 1 N–H and O–H groups in total. The second kappa shape index (κ2) is 7.11. The minimum absolute atomic E-state index is 0. The van der Waals surface area contributed by atoms with Gasteiger partial charge in [0.2, 0.25) is 0 Å². The van der Waals surface area contributed by atoms with Crippen LogP contribution in [-0.2, 0) is 13.1 Å². The van der Waals surface area contributed by atoms with Crippen LogP contribution in [0.2, 0.25) is 0 Å². The third-order valence-corrected chi connectivity index (χ3v) is 2.97. The summed E-state index contributed by atoms with van der Waals surface area (Å²) in [5.41, 5.74) is 0.865. The molecule has 0 unspecified atom stereocenters. The Bertz CT molecular complexity index is 662. The van der Waals surface area contributed by atoms with Crippen molar-refractivity contribution in [2.24, 2.45) is 0 Å². The number of benzene rings is 1. The Balaban J connectivity index is 0.00000161. The van der Waals surface area contributed by atoms with Crippen LogP contribution < -0.4 is 5.32 Å². The normalized spacial score (nSPS) is 10.3. The fraction of sp³-hybridized carbons (Fsp3) is 0.125. The molecule has 0 aliphatic heterocycles. The predicted molar refractivity (Wildman–Crippen MR) is 80.6 cm³/mol. The first-order valence-corrected chi connectivity index (χ1v) is 6.39. The van der Waals surface area contributed by atoms with Crippen molar-refractivity contribution in [1.82, 2.24) is 5.32 Å². The first-order valence-electron chi connectivity index (χ1n) is 6.39. The number of rotatable bonds is 5. The highest BCUT2D eigenvalue weighted by atomic mass is 35.5. The predicted octanol–water partition coefficient (Wildman–Crippen LogP) is 4.39. The Hall–Kier alpha value is -2.04. The van der Waals surface area contributed by atoms with Gasteiger partial charge in [0.15, 0.2) is 0 Å². The van der Waals surface area contributed by atoms with Gasteiger partial charge in [0.05, 0.1) is 19.4 Å². The monoisotopic (exact) mass is 307 g/mol. The van der Waals surface area contributed by atoms with Crippen LogP contribution in [0.1, 0.15) is 11.5 Å². The van der Waals surface area contributed by atoms with E-state index in [4.69, 9.17) is 8.83 Å². The molecule has 3 nitrogen and oxygen atoms in total. The van der Waals surface area contributed by atoms with E-state index in [2.05, 4.69) is 5.32 Å².